The van der Waals surface area contributed by atoms with Gasteiger partial charge in [-0.1, -0.05) is 48.5 Å². The molecule has 26 heavy (non-hydrogen) atoms. The molecule has 3 aromatic carbocycles. The summed E-state index contributed by atoms with van der Waals surface area (Å²) < 4.78 is 4.84. The molecule has 0 fully saturated rings. The molecule has 0 aliphatic heterocycles. The van der Waals surface area contributed by atoms with E-state index in [0.717, 1.165) is 12.0 Å². The van der Waals surface area contributed by atoms with E-state index in [1.165, 1.54) is 5.56 Å². The summed E-state index contributed by atoms with van der Waals surface area (Å²) in [5.41, 5.74) is 1.98. The van der Waals surface area contributed by atoms with Crippen LogP contribution in [0.3, 0.4) is 0 Å². The average molecular weight is 352 g/mol. The normalized spacial score (nSPS) is 11.2. The molecule has 4 nitrogen and oxygen atoms in total. The van der Waals surface area contributed by atoms with Crippen molar-refractivity contribution in [3.05, 3.63) is 90.0 Å². The summed E-state index contributed by atoms with van der Waals surface area (Å²) in [7, 11) is 1.56. The number of hydrogen-bond acceptors (Lipinski definition) is 4. The molecule has 0 heterocycles. The Hall–Kier alpha value is -2.98. The van der Waals surface area contributed by atoms with E-state index in [1.807, 2.05) is 24.3 Å². The van der Waals surface area contributed by atoms with Gasteiger partial charge in [-0.05, 0) is 48.2 Å². The molecule has 0 unspecified atom stereocenters. The molecule has 0 radical (unpaired) electrons. The molecule has 4 heteroatoms. The van der Waals surface area contributed by atoms with E-state index in [0.29, 0.717) is 12.2 Å². The number of methoxy groups -OCH3 is 1. The number of phenolic OH excluding ortho intramolecular Hbond substituents is 2. The van der Waals surface area contributed by atoms with Crippen LogP contribution in [0, 0.1) is 0 Å². The van der Waals surface area contributed by atoms with E-state index in [4.69, 9.17) is 9.84 Å². The molecule has 1 atom stereocenters. The minimum Gasteiger partial charge on any atom is -0.508 e. The van der Waals surface area contributed by atoms with Crippen molar-refractivity contribution >= 4 is 0 Å². The highest BCUT2D eigenvalue weighted by molar-refractivity contribution is 5.31. The van der Waals surface area contributed by atoms with Gasteiger partial charge in [0.05, 0.1) is 13.2 Å². The number of aryl methyl sites for hydroxylation is 1. The van der Waals surface area contributed by atoms with Crippen LogP contribution in [-0.2, 0) is 6.42 Å². The fraction of sp³-hybridized carbons (Fsp3) is 0.182. The lowest BCUT2D eigenvalue weighted by Crippen LogP contribution is -1.99. The van der Waals surface area contributed by atoms with Gasteiger partial charge >= 0.3 is 0 Å². The summed E-state index contributed by atoms with van der Waals surface area (Å²) in [4.78, 5) is 0. The zero-order valence-corrected chi connectivity index (χ0v) is 14.7. The minimum atomic E-state index is -0.526. The van der Waals surface area contributed by atoms with E-state index in [1.54, 1.807) is 49.6 Å². The van der Waals surface area contributed by atoms with Crippen molar-refractivity contribution in [3.63, 3.8) is 0 Å². The molecule has 0 bridgehead atoms. The van der Waals surface area contributed by atoms with E-state index in [9.17, 15) is 10.2 Å². The quantitative estimate of drug-likeness (QED) is 0.634. The van der Waals surface area contributed by atoms with Gasteiger partial charge in [-0.15, -0.1) is 0 Å². The largest absolute Gasteiger partial charge is 0.508 e. The van der Waals surface area contributed by atoms with Crippen LogP contribution < -0.4 is 4.74 Å². The predicted octanol–water partition coefficient (Wildman–Crippen LogP) is 4.46. The van der Waals surface area contributed by atoms with Gasteiger partial charge in [0.2, 0.25) is 0 Å². The Morgan fingerprint density at radius 2 is 1.46 bits per heavy atom. The Kier molecular flexibility index (Phi) is 7.52. The average Bonchev–Trinajstić information content (AvgIpc) is 2.67. The summed E-state index contributed by atoms with van der Waals surface area (Å²) in [6.07, 6.45) is 0.966. The fourth-order valence-corrected chi connectivity index (χ4v) is 2.46. The lowest BCUT2D eigenvalue weighted by Gasteiger charge is -2.11. The molecular formula is C22H24O4. The number of phenols is 2. The number of rotatable bonds is 5. The second kappa shape index (κ2) is 10.1. The standard InChI is InChI=1S/C15H16O2.C7H8O2/c16-14-8-4-7-13(11-14)15(17)10-9-12-5-2-1-3-6-12;1-9-7-4-2-3-6(8)5-7/h1-8,11,15-17H,9-10H2;2-5,8H,1H3/t15-;/m1./s1. The zero-order valence-electron chi connectivity index (χ0n) is 14.7. The molecule has 0 saturated heterocycles. The Labute approximate surface area is 154 Å². The number of hydrogen-bond donors (Lipinski definition) is 3. The molecule has 3 N–H and O–H groups in total. The number of aliphatic hydroxyl groups is 1. The highest BCUT2D eigenvalue weighted by atomic mass is 16.5. The first-order valence-corrected chi connectivity index (χ1v) is 8.42. The number of aliphatic hydroxyl groups excluding tert-OH is 1. The van der Waals surface area contributed by atoms with Gasteiger partial charge in [0.1, 0.15) is 17.2 Å². The molecule has 0 aliphatic rings. The van der Waals surface area contributed by atoms with Crippen LogP contribution in [0.15, 0.2) is 78.9 Å². The maximum atomic E-state index is 10.00. The Morgan fingerprint density at radius 1 is 0.808 bits per heavy atom. The van der Waals surface area contributed by atoms with Crippen LogP contribution in [-0.4, -0.2) is 22.4 Å². The summed E-state index contributed by atoms with van der Waals surface area (Å²) in [5.74, 6) is 1.10. The van der Waals surface area contributed by atoms with Crippen molar-refractivity contribution in [1.82, 2.24) is 0 Å². The van der Waals surface area contributed by atoms with Crippen LogP contribution in [0.4, 0.5) is 0 Å². The predicted molar refractivity (Wildman–Crippen MR) is 102 cm³/mol. The topological polar surface area (TPSA) is 69.9 Å². The number of aromatic hydroxyl groups is 2. The third kappa shape index (κ3) is 6.49. The highest BCUT2D eigenvalue weighted by Crippen LogP contribution is 2.22. The Balaban J connectivity index is 0.000000228. The van der Waals surface area contributed by atoms with Crippen molar-refractivity contribution in [3.8, 4) is 17.2 Å². The maximum Gasteiger partial charge on any atom is 0.122 e. The first-order chi connectivity index (χ1) is 12.6. The maximum absolute atomic E-state index is 10.00. The van der Waals surface area contributed by atoms with E-state index in [2.05, 4.69) is 12.1 Å². The zero-order chi connectivity index (χ0) is 18.8. The second-order valence-electron chi connectivity index (χ2n) is 5.84. The van der Waals surface area contributed by atoms with Gasteiger partial charge < -0.3 is 20.1 Å². The van der Waals surface area contributed by atoms with Crippen LogP contribution in [0.25, 0.3) is 0 Å². The van der Waals surface area contributed by atoms with E-state index in [-0.39, 0.29) is 11.5 Å². The van der Waals surface area contributed by atoms with E-state index < -0.39 is 6.10 Å². The molecule has 0 amide bonds. The van der Waals surface area contributed by atoms with Crippen LogP contribution in [0.5, 0.6) is 17.2 Å². The molecule has 0 saturated carbocycles. The first kappa shape index (κ1) is 19.3. The van der Waals surface area contributed by atoms with Gasteiger partial charge in [0.15, 0.2) is 0 Å². The third-order valence-corrected chi connectivity index (χ3v) is 3.86. The lowest BCUT2D eigenvalue weighted by atomic mass is 10.0. The van der Waals surface area contributed by atoms with Crippen molar-refractivity contribution in [1.29, 1.82) is 0 Å². The molecule has 3 aromatic rings. The van der Waals surface area contributed by atoms with Gasteiger partial charge in [-0.3, -0.25) is 0 Å². The smallest absolute Gasteiger partial charge is 0.122 e. The fourth-order valence-electron chi connectivity index (χ4n) is 2.46. The third-order valence-electron chi connectivity index (χ3n) is 3.86. The van der Waals surface area contributed by atoms with Crippen LogP contribution in [0.1, 0.15) is 23.7 Å². The van der Waals surface area contributed by atoms with Gasteiger partial charge in [0, 0.05) is 6.07 Å². The van der Waals surface area contributed by atoms with Crippen molar-refractivity contribution in [2.45, 2.75) is 18.9 Å². The summed E-state index contributed by atoms with van der Waals surface area (Å²) in [6.45, 7) is 0. The van der Waals surface area contributed by atoms with Crippen molar-refractivity contribution < 1.29 is 20.1 Å². The summed E-state index contributed by atoms with van der Waals surface area (Å²) in [5, 5.41) is 28.2. The second-order valence-corrected chi connectivity index (χ2v) is 5.84. The van der Waals surface area contributed by atoms with E-state index >= 15 is 0 Å². The molecule has 0 spiro atoms. The Morgan fingerprint density at radius 3 is 2.04 bits per heavy atom. The molecule has 136 valence electrons. The van der Waals surface area contributed by atoms with Crippen molar-refractivity contribution in [2.24, 2.45) is 0 Å². The monoisotopic (exact) mass is 352 g/mol. The minimum absolute atomic E-state index is 0.196. The molecular weight excluding hydrogens is 328 g/mol. The Bertz CT molecular complexity index is 787. The first-order valence-electron chi connectivity index (χ1n) is 8.42. The van der Waals surface area contributed by atoms with Crippen LogP contribution in [0.2, 0.25) is 0 Å². The molecule has 0 aliphatic carbocycles. The number of benzene rings is 3. The van der Waals surface area contributed by atoms with Crippen LogP contribution >= 0.6 is 0 Å². The van der Waals surface area contributed by atoms with Gasteiger partial charge in [0.25, 0.3) is 0 Å². The SMILES string of the molecule is COc1cccc(O)c1.Oc1cccc([C@H](O)CCc2ccccc2)c1. The van der Waals surface area contributed by atoms with Gasteiger partial charge in [-0.2, -0.15) is 0 Å². The molecule has 0 aromatic heterocycles. The van der Waals surface area contributed by atoms with Crippen molar-refractivity contribution in [2.75, 3.05) is 7.11 Å². The highest BCUT2D eigenvalue weighted by Gasteiger charge is 2.08. The van der Waals surface area contributed by atoms with Gasteiger partial charge in [-0.25, -0.2) is 0 Å². The summed E-state index contributed by atoms with van der Waals surface area (Å²) >= 11 is 0. The number of ether oxygens (including phenoxy) is 1. The molecule has 3 rings (SSSR count). The lowest BCUT2D eigenvalue weighted by molar-refractivity contribution is 0.167. The summed E-state index contributed by atoms with van der Waals surface area (Å²) in [6, 6.07) is 23.5.